The van der Waals surface area contributed by atoms with E-state index in [1.54, 1.807) is 24.3 Å². The van der Waals surface area contributed by atoms with Crippen LogP contribution in [0.1, 0.15) is 33.6 Å². The molecular formula is C16H16N2O5S. The minimum atomic E-state index is -1.25. The molecule has 24 heavy (non-hydrogen) atoms. The molecule has 0 radical (unpaired) electrons. The molecule has 3 rings (SSSR count). The van der Waals surface area contributed by atoms with Crippen LogP contribution < -0.4 is 5.32 Å². The Hall–Kier alpha value is -2.35. The summed E-state index contributed by atoms with van der Waals surface area (Å²) in [6.07, 6.45) is 0.247. The zero-order valence-corrected chi connectivity index (χ0v) is 13.6. The standard InChI is InChI=1S/C16H16N2O5S/c19-12(17-16(15(22)23)6-8-24-9-16)5-7-18-13(20)10-3-1-2-4-11(10)14(18)21/h1-4H,5-9H2,(H,17,19)(H,22,23). The van der Waals surface area contributed by atoms with E-state index in [9.17, 15) is 24.3 Å². The number of hydrogen-bond acceptors (Lipinski definition) is 5. The average molecular weight is 348 g/mol. The zero-order valence-electron chi connectivity index (χ0n) is 12.8. The Bertz CT molecular complexity index is 692. The first-order chi connectivity index (χ1) is 11.4. The quantitative estimate of drug-likeness (QED) is 0.761. The molecule has 1 fully saturated rings. The fraction of sp³-hybridized carbons (Fsp3) is 0.375. The van der Waals surface area contributed by atoms with Crippen molar-refractivity contribution in [1.29, 1.82) is 0 Å². The molecule has 2 N–H and O–H groups in total. The van der Waals surface area contributed by atoms with Crippen molar-refractivity contribution in [2.24, 2.45) is 0 Å². The number of rotatable bonds is 5. The molecule has 3 amide bonds. The lowest BCUT2D eigenvalue weighted by Crippen LogP contribution is -2.55. The molecule has 7 nitrogen and oxygen atoms in total. The topological polar surface area (TPSA) is 104 Å². The Morgan fingerprint density at radius 2 is 1.83 bits per heavy atom. The number of aliphatic carboxylic acids is 1. The maximum absolute atomic E-state index is 12.2. The van der Waals surface area contributed by atoms with Gasteiger partial charge in [0.1, 0.15) is 5.54 Å². The molecule has 1 aromatic rings. The van der Waals surface area contributed by atoms with Gasteiger partial charge in [-0.25, -0.2) is 4.79 Å². The zero-order chi connectivity index (χ0) is 17.3. The van der Waals surface area contributed by atoms with Gasteiger partial charge >= 0.3 is 5.97 Å². The Kier molecular flexibility index (Phi) is 4.31. The van der Waals surface area contributed by atoms with Gasteiger partial charge in [0.25, 0.3) is 11.8 Å². The summed E-state index contributed by atoms with van der Waals surface area (Å²) in [4.78, 5) is 49.0. The molecule has 126 valence electrons. The van der Waals surface area contributed by atoms with Crippen molar-refractivity contribution >= 4 is 35.5 Å². The van der Waals surface area contributed by atoms with Gasteiger partial charge in [-0.2, -0.15) is 11.8 Å². The third kappa shape index (κ3) is 2.77. The van der Waals surface area contributed by atoms with Gasteiger partial charge < -0.3 is 10.4 Å². The van der Waals surface area contributed by atoms with Gasteiger partial charge in [-0.15, -0.1) is 0 Å². The number of fused-ring (bicyclic) bond motifs is 1. The van der Waals surface area contributed by atoms with Crippen LogP contribution in [0.3, 0.4) is 0 Å². The van der Waals surface area contributed by atoms with Crippen LogP contribution >= 0.6 is 11.8 Å². The van der Waals surface area contributed by atoms with E-state index in [1.807, 2.05) is 0 Å². The monoisotopic (exact) mass is 348 g/mol. The van der Waals surface area contributed by atoms with E-state index >= 15 is 0 Å². The smallest absolute Gasteiger partial charge is 0.330 e. The highest BCUT2D eigenvalue weighted by molar-refractivity contribution is 7.99. The normalized spacial score (nSPS) is 22.6. The molecule has 2 aliphatic heterocycles. The fourth-order valence-electron chi connectivity index (χ4n) is 2.87. The Balaban J connectivity index is 1.62. The number of imide groups is 1. The molecule has 0 aliphatic carbocycles. The number of carboxylic acid groups (broad SMARTS) is 1. The maximum Gasteiger partial charge on any atom is 0.330 e. The van der Waals surface area contributed by atoms with E-state index in [1.165, 1.54) is 11.8 Å². The van der Waals surface area contributed by atoms with Crippen LogP contribution in [0.15, 0.2) is 24.3 Å². The first-order valence-corrected chi connectivity index (χ1v) is 8.67. The lowest BCUT2D eigenvalue weighted by atomic mass is 9.99. The summed E-state index contributed by atoms with van der Waals surface area (Å²) in [5.41, 5.74) is -0.585. The third-order valence-corrected chi connectivity index (χ3v) is 5.44. The molecule has 1 unspecified atom stereocenters. The molecule has 0 saturated carbocycles. The van der Waals surface area contributed by atoms with Crippen molar-refractivity contribution < 1.29 is 24.3 Å². The predicted octanol–water partition coefficient (Wildman–Crippen LogP) is 0.749. The van der Waals surface area contributed by atoms with E-state index < -0.39 is 29.2 Å². The van der Waals surface area contributed by atoms with Crippen LogP contribution in [0.25, 0.3) is 0 Å². The van der Waals surface area contributed by atoms with Crippen molar-refractivity contribution in [2.75, 3.05) is 18.1 Å². The molecule has 0 spiro atoms. The largest absolute Gasteiger partial charge is 0.479 e. The maximum atomic E-state index is 12.2. The summed E-state index contributed by atoms with van der Waals surface area (Å²) in [5.74, 6) is -1.38. The minimum Gasteiger partial charge on any atom is -0.479 e. The van der Waals surface area contributed by atoms with Gasteiger partial charge in [-0.1, -0.05) is 12.1 Å². The van der Waals surface area contributed by atoms with E-state index in [0.29, 0.717) is 29.1 Å². The fourth-order valence-corrected chi connectivity index (χ4v) is 4.20. The molecule has 0 bridgehead atoms. The third-order valence-electron chi connectivity index (χ3n) is 4.25. The number of amides is 3. The number of nitrogens with one attached hydrogen (secondary N) is 1. The van der Waals surface area contributed by atoms with Crippen LogP contribution in [-0.2, 0) is 9.59 Å². The predicted molar refractivity (Wildman–Crippen MR) is 86.9 cm³/mol. The first kappa shape index (κ1) is 16.5. The number of carbonyl (C=O) groups is 4. The van der Waals surface area contributed by atoms with Crippen molar-refractivity contribution in [3.8, 4) is 0 Å². The summed E-state index contributed by atoms with van der Waals surface area (Å²) in [5, 5.41) is 11.9. The lowest BCUT2D eigenvalue weighted by Gasteiger charge is -2.25. The minimum absolute atomic E-state index is 0.0684. The first-order valence-electron chi connectivity index (χ1n) is 7.52. The number of hydrogen-bond donors (Lipinski definition) is 2. The molecule has 2 aliphatic rings. The number of benzene rings is 1. The van der Waals surface area contributed by atoms with Crippen molar-refractivity contribution in [1.82, 2.24) is 10.2 Å². The molecule has 1 saturated heterocycles. The van der Waals surface area contributed by atoms with Gasteiger partial charge in [0.05, 0.1) is 11.1 Å². The van der Waals surface area contributed by atoms with Crippen LogP contribution in [0.5, 0.6) is 0 Å². The second kappa shape index (κ2) is 6.27. The summed E-state index contributed by atoms with van der Waals surface area (Å²) in [6, 6.07) is 6.50. The molecular weight excluding hydrogens is 332 g/mol. The average Bonchev–Trinajstić information content (AvgIpc) is 3.12. The number of carboxylic acids is 1. The van der Waals surface area contributed by atoms with Gasteiger partial charge in [0.15, 0.2) is 0 Å². The van der Waals surface area contributed by atoms with Crippen molar-refractivity contribution in [3.63, 3.8) is 0 Å². The summed E-state index contributed by atoms with van der Waals surface area (Å²) >= 11 is 1.47. The van der Waals surface area contributed by atoms with Gasteiger partial charge in [0, 0.05) is 18.7 Å². The van der Waals surface area contributed by atoms with Crippen LogP contribution in [0.2, 0.25) is 0 Å². The highest BCUT2D eigenvalue weighted by Crippen LogP contribution is 2.28. The number of carbonyl (C=O) groups excluding carboxylic acids is 3. The van der Waals surface area contributed by atoms with Crippen molar-refractivity contribution in [3.05, 3.63) is 35.4 Å². The Labute approximate surface area is 142 Å². The molecule has 2 heterocycles. The highest BCUT2D eigenvalue weighted by Gasteiger charge is 2.43. The number of nitrogens with zero attached hydrogens (tertiary/aromatic N) is 1. The summed E-state index contributed by atoms with van der Waals surface area (Å²) < 4.78 is 0. The Morgan fingerprint density at radius 3 is 2.33 bits per heavy atom. The molecule has 1 atom stereocenters. The number of thioether (sulfide) groups is 1. The van der Waals surface area contributed by atoms with E-state index in [-0.39, 0.29) is 13.0 Å². The van der Waals surface area contributed by atoms with E-state index in [2.05, 4.69) is 5.32 Å². The van der Waals surface area contributed by atoms with Gasteiger partial charge in [-0.3, -0.25) is 19.3 Å². The second-order valence-corrected chi connectivity index (χ2v) is 6.90. The van der Waals surface area contributed by atoms with Crippen LogP contribution in [0, 0.1) is 0 Å². The lowest BCUT2D eigenvalue weighted by molar-refractivity contribution is -0.146. The highest BCUT2D eigenvalue weighted by atomic mass is 32.2. The molecule has 1 aromatic carbocycles. The van der Waals surface area contributed by atoms with Gasteiger partial charge in [0.2, 0.25) is 5.91 Å². The van der Waals surface area contributed by atoms with Gasteiger partial charge in [-0.05, 0) is 24.3 Å². The van der Waals surface area contributed by atoms with E-state index in [0.717, 1.165) is 4.90 Å². The SMILES string of the molecule is O=C(CCN1C(=O)c2ccccc2C1=O)NC1(C(=O)O)CCSC1. The summed E-state index contributed by atoms with van der Waals surface area (Å²) in [7, 11) is 0. The van der Waals surface area contributed by atoms with E-state index in [4.69, 9.17) is 0 Å². The summed E-state index contributed by atoms with van der Waals surface area (Å²) in [6.45, 7) is -0.0684. The molecule has 0 aromatic heterocycles. The van der Waals surface area contributed by atoms with Crippen LogP contribution in [-0.4, -0.2) is 57.3 Å². The van der Waals surface area contributed by atoms with Crippen LogP contribution in [0.4, 0.5) is 0 Å². The molecule has 8 heteroatoms. The second-order valence-electron chi connectivity index (χ2n) is 5.80. The Morgan fingerprint density at radius 1 is 1.21 bits per heavy atom. The van der Waals surface area contributed by atoms with Crippen molar-refractivity contribution in [2.45, 2.75) is 18.4 Å².